The highest BCUT2D eigenvalue weighted by molar-refractivity contribution is 5.74. The van der Waals surface area contributed by atoms with E-state index in [1.807, 2.05) is 0 Å². The summed E-state index contributed by atoms with van der Waals surface area (Å²) in [6, 6.07) is -0.312. The van der Waals surface area contributed by atoms with E-state index in [4.69, 9.17) is 5.11 Å². The van der Waals surface area contributed by atoms with Gasteiger partial charge < -0.3 is 15.7 Å². The number of carboxylic acids is 1. The summed E-state index contributed by atoms with van der Waals surface area (Å²) >= 11 is 0. The summed E-state index contributed by atoms with van der Waals surface area (Å²) in [5.74, 6) is -1.32. The van der Waals surface area contributed by atoms with Gasteiger partial charge in [-0.3, -0.25) is 9.48 Å². The van der Waals surface area contributed by atoms with Crippen LogP contribution in [-0.4, -0.2) is 45.2 Å². The van der Waals surface area contributed by atoms with Crippen LogP contribution in [0.15, 0.2) is 12.4 Å². The van der Waals surface area contributed by atoms with Gasteiger partial charge in [0.2, 0.25) is 0 Å². The molecule has 0 saturated carbocycles. The number of carboxylic acid groups (broad SMARTS) is 1. The quantitative estimate of drug-likeness (QED) is 0.619. The minimum atomic E-state index is -0.858. The standard InChI is InChI=1S/C10H17N5O3/c1-8(9(16)17)2-3-11-10(18)12-4-6-15-7-5-13-14-15/h5,7-8H,2-4,6H2,1H3,(H,16,17)(H2,11,12,18). The number of carbonyl (C=O) groups is 2. The highest BCUT2D eigenvalue weighted by Gasteiger charge is 2.10. The molecule has 0 fully saturated rings. The fraction of sp³-hybridized carbons (Fsp3) is 0.600. The molecule has 1 unspecified atom stereocenters. The summed E-state index contributed by atoms with van der Waals surface area (Å²) in [4.78, 5) is 21.8. The monoisotopic (exact) mass is 255 g/mol. The van der Waals surface area contributed by atoms with Crippen LogP contribution in [0.2, 0.25) is 0 Å². The minimum absolute atomic E-state index is 0.312. The van der Waals surface area contributed by atoms with Crippen LogP contribution in [0.1, 0.15) is 13.3 Å². The van der Waals surface area contributed by atoms with Crippen molar-refractivity contribution in [2.75, 3.05) is 13.1 Å². The third kappa shape index (κ3) is 5.28. The SMILES string of the molecule is CC(CCNC(=O)NCCn1ccnn1)C(=O)O. The van der Waals surface area contributed by atoms with E-state index in [-0.39, 0.29) is 6.03 Å². The van der Waals surface area contributed by atoms with Crippen LogP contribution < -0.4 is 10.6 Å². The fourth-order valence-electron chi connectivity index (χ4n) is 1.22. The molecule has 8 heteroatoms. The molecule has 1 heterocycles. The van der Waals surface area contributed by atoms with Gasteiger partial charge in [-0.15, -0.1) is 5.10 Å². The lowest BCUT2D eigenvalue weighted by atomic mass is 10.1. The van der Waals surface area contributed by atoms with E-state index in [1.54, 1.807) is 24.0 Å². The lowest BCUT2D eigenvalue weighted by Gasteiger charge is -2.09. The van der Waals surface area contributed by atoms with Crippen molar-refractivity contribution in [2.45, 2.75) is 19.9 Å². The van der Waals surface area contributed by atoms with Crippen molar-refractivity contribution >= 4 is 12.0 Å². The maximum atomic E-state index is 11.3. The summed E-state index contributed by atoms with van der Waals surface area (Å²) in [5.41, 5.74) is 0. The summed E-state index contributed by atoms with van der Waals surface area (Å²) in [6.07, 6.45) is 3.67. The predicted molar refractivity (Wildman–Crippen MR) is 62.8 cm³/mol. The van der Waals surface area contributed by atoms with Gasteiger partial charge in [-0.1, -0.05) is 12.1 Å². The Morgan fingerprint density at radius 3 is 2.72 bits per heavy atom. The normalized spacial score (nSPS) is 11.8. The zero-order chi connectivity index (χ0) is 13.4. The van der Waals surface area contributed by atoms with E-state index in [9.17, 15) is 9.59 Å². The number of aromatic nitrogens is 3. The molecule has 1 aromatic rings. The zero-order valence-electron chi connectivity index (χ0n) is 10.2. The molecule has 3 N–H and O–H groups in total. The van der Waals surface area contributed by atoms with Gasteiger partial charge in [-0.2, -0.15) is 0 Å². The van der Waals surface area contributed by atoms with Crippen LogP contribution >= 0.6 is 0 Å². The number of carbonyl (C=O) groups excluding carboxylic acids is 1. The third-order valence-corrected chi connectivity index (χ3v) is 2.38. The Balaban J connectivity index is 2.05. The van der Waals surface area contributed by atoms with Crippen molar-refractivity contribution in [1.29, 1.82) is 0 Å². The van der Waals surface area contributed by atoms with Crippen LogP contribution in [0.4, 0.5) is 4.79 Å². The number of amides is 2. The highest BCUT2D eigenvalue weighted by atomic mass is 16.4. The van der Waals surface area contributed by atoms with Crippen molar-refractivity contribution in [3.8, 4) is 0 Å². The first kappa shape index (κ1) is 13.9. The van der Waals surface area contributed by atoms with Gasteiger partial charge in [0.05, 0.1) is 18.7 Å². The smallest absolute Gasteiger partial charge is 0.314 e. The van der Waals surface area contributed by atoms with Gasteiger partial charge in [0, 0.05) is 19.3 Å². The first-order valence-electron chi connectivity index (χ1n) is 5.68. The van der Waals surface area contributed by atoms with Gasteiger partial charge in [0.15, 0.2) is 0 Å². The Bertz CT molecular complexity index is 379. The van der Waals surface area contributed by atoms with E-state index >= 15 is 0 Å². The molecule has 1 aromatic heterocycles. The Morgan fingerprint density at radius 1 is 1.39 bits per heavy atom. The predicted octanol–water partition coefficient (Wildman–Crippen LogP) is -0.312. The van der Waals surface area contributed by atoms with E-state index < -0.39 is 11.9 Å². The van der Waals surface area contributed by atoms with Crippen LogP contribution in [0.3, 0.4) is 0 Å². The lowest BCUT2D eigenvalue weighted by Crippen LogP contribution is -2.38. The molecule has 0 bridgehead atoms. The van der Waals surface area contributed by atoms with Gasteiger partial charge >= 0.3 is 12.0 Å². The molecule has 0 aromatic carbocycles. The lowest BCUT2D eigenvalue weighted by molar-refractivity contribution is -0.141. The largest absolute Gasteiger partial charge is 0.481 e. The molecule has 0 aliphatic carbocycles. The summed E-state index contributed by atoms with van der Waals surface area (Å²) < 4.78 is 1.60. The molecule has 18 heavy (non-hydrogen) atoms. The number of hydrogen-bond acceptors (Lipinski definition) is 4. The maximum Gasteiger partial charge on any atom is 0.314 e. The number of aliphatic carboxylic acids is 1. The highest BCUT2D eigenvalue weighted by Crippen LogP contribution is 1.99. The number of urea groups is 1. The second kappa shape index (κ2) is 7.25. The molecular weight excluding hydrogens is 238 g/mol. The summed E-state index contributed by atoms with van der Waals surface area (Å²) in [7, 11) is 0. The topological polar surface area (TPSA) is 109 Å². The molecule has 0 spiro atoms. The molecule has 0 aliphatic heterocycles. The Labute approximate surface area is 104 Å². The molecule has 0 saturated heterocycles. The van der Waals surface area contributed by atoms with Crippen LogP contribution in [0, 0.1) is 5.92 Å². The van der Waals surface area contributed by atoms with E-state index in [2.05, 4.69) is 20.9 Å². The van der Waals surface area contributed by atoms with Crippen molar-refractivity contribution in [1.82, 2.24) is 25.6 Å². The van der Waals surface area contributed by atoms with Crippen molar-refractivity contribution in [3.63, 3.8) is 0 Å². The van der Waals surface area contributed by atoms with Gasteiger partial charge in [0.1, 0.15) is 0 Å². The molecule has 0 aliphatic rings. The number of rotatable bonds is 7. The van der Waals surface area contributed by atoms with Gasteiger partial charge in [-0.05, 0) is 6.42 Å². The first-order valence-corrected chi connectivity index (χ1v) is 5.68. The Hall–Kier alpha value is -2.12. The minimum Gasteiger partial charge on any atom is -0.481 e. The average molecular weight is 255 g/mol. The van der Waals surface area contributed by atoms with E-state index in [0.717, 1.165) is 0 Å². The summed E-state index contributed by atoms with van der Waals surface area (Å²) in [6.45, 7) is 2.91. The molecule has 2 amide bonds. The van der Waals surface area contributed by atoms with Crippen LogP contribution in [-0.2, 0) is 11.3 Å². The van der Waals surface area contributed by atoms with Crippen molar-refractivity contribution in [3.05, 3.63) is 12.4 Å². The third-order valence-electron chi connectivity index (χ3n) is 2.38. The first-order chi connectivity index (χ1) is 8.59. The van der Waals surface area contributed by atoms with E-state index in [1.165, 1.54) is 0 Å². The summed E-state index contributed by atoms with van der Waals surface area (Å²) in [5, 5.41) is 21.3. The Kier molecular flexibility index (Phi) is 5.62. The number of hydrogen-bond donors (Lipinski definition) is 3. The molecule has 1 rings (SSSR count). The molecular formula is C10H17N5O3. The van der Waals surface area contributed by atoms with Gasteiger partial charge in [0.25, 0.3) is 0 Å². The number of nitrogens with zero attached hydrogens (tertiary/aromatic N) is 3. The average Bonchev–Trinajstić information content (AvgIpc) is 2.81. The van der Waals surface area contributed by atoms with Crippen LogP contribution in [0.5, 0.6) is 0 Å². The fourth-order valence-corrected chi connectivity index (χ4v) is 1.22. The molecule has 8 nitrogen and oxygen atoms in total. The van der Waals surface area contributed by atoms with E-state index in [0.29, 0.717) is 26.1 Å². The van der Waals surface area contributed by atoms with Gasteiger partial charge in [-0.25, -0.2) is 4.79 Å². The van der Waals surface area contributed by atoms with Crippen molar-refractivity contribution < 1.29 is 14.7 Å². The van der Waals surface area contributed by atoms with Crippen LogP contribution in [0.25, 0.3) is 0 Å². The second-order valence-electron chi connectivity index (χ2n) is 3.88. The number of nitrogens with one attached hydrogen (secondary N) is 2. The maximum absolute atomic E-state index is 11.3. The molecule has 100 valence electrons. The molecule has 0 radical (unpaired) electrons. The zero-order valence-corrected chi connectivity index (χ0v) is 10.2. The second-order valence-corrected chi connectivity index (χ2v) is 3.88. The Morgan fingerprint density at radius 2 is 2.11 bits per heavy atom. The van der Waals surface area contributed by atoms with Crippen molar-refractivity contribution in [2.24, 2.45) is 5.92 Å². The molecule has 1 atom stereocenters.